The van der Waals surface area contributed by atoms with Crippen LogP contribution in [0.1, 0.15) is 11.1 Å². The van der Waals surface area contributed by atoms with E-state index < -0.39 is 7.29 Å². The number of hydrogen-bond acceptors (Lipinski definition) is 1. The summed E-state index contributed by atoms with van der Waals surface area (Å²) in [4.78, 5) is 0. The van der Waals surface area contributed by atoms with Gasteiger partial charge < -0.3 is 0 Å². The first kappa shape index (κ1) is 15.7. The molecular formula is C20H20NOP. The van der Waals surface area contributed by atoms with Gasteiger partial charge in [-0.25, -0.2) is 0 Å². The highest BCUT2D eigenvalue weighted by atomic mass is 31.2. The van der Waals surface area contributed by atoms with E-state index in [1.54, 1.807) is 0 Å². The summed E-state index contributed by atoms with van der Waals surface area (Å²) in [6.45, 7) is 2.65. The van der Waals surface area contributed by atoms with Gasteiger partial charge in [-0.1, -0.05) is 60.7 Å². The molecule has 0 bridgehead atoms. The maximum atomic E-state index is 13.8. The molecule has 0 saturated heterocycles. The molecular weight excluding hydrogens is 301 g/mol. The van der Waals surface area contributed by atoms with E-state index in [0.29, 0.717) is 6.54 Å². The number of benzene rings is 3. The SMILES string of the molecule is Cc1ccccc1CNP(=O)(c1ccccc1)c1ccccc1. The zero-order chi connectivity index (χ0) is 16.1. The lowest BCUT2D eigenvalue weighted by Gasteiger charge is -2.21. The molecule has 0 aliphatic carbocycles. The van der Waals surface area contributed by atoms with E-state index in [1.807, 2.05) is 72.8 Å². The van der Waals surface area contributed by atoms with Crippen LogP contribution in [0.3, 0.4) is 0 Å². The monoisotopic (exact) mass is 321 g/mol. The molecule has 0 amide bonds. The molecule has 0 heterocycles. The van der Waals surface area contributed by atoms with Crippen molar-refractivity contribution in [3.05, 3.63) is 96.1 Å². The second-order valence-corrected chi connectivity index (χ2v) is 8.11. The van der Waals surface area contributed by atoms with Crippen LogP contribution in [-0.2, 0) is 11.1 Å². The minimum atomic E-state index is -2.86. The largest absolute Gasteiger partial charge is 0.297 e. The van der Waals surface area contributed by atoms with Crippen molar-refractivity contribution in [2.45, 2.75) is 13.5 Å². The minimum Gasteiger partial charge on any atom is -0.297 e. The first-order chi connectivity index (χ1) is 11.2. The van der Waals surface area contributed by atoms with Crippen molar-refractivity contribution in [2.24, 2.45) is 0 Å². The fraction of sp³-hybridized carbons (Fsp3) is 0.100. The van der Waals surface area contributed by atoms with Crippen LogP contribution < -0.4 is 15.7 Å². The Morgan fingerprint density at radius 1 is 0.739 bits per heavy atom. The molecule has 0 saturated carbocycles. The lowest BCUT2D eigenvalue weighted by atomic mass is 10.1. The highest BCUT2D eigenvalue weighted by molar-refractivity contribution is 7.76. The van der Waals surface area contributed by atoms with Gasteiger partial charge in [-0.2, -0.15) is 0 Å². The van der Waals surface area contributed by atoms with E-state index in [0.717, 1.165) is 10.6 Å². The molecule has 0 radical (unpaired) electrons. The molecule has 0 spiro atoms. The van der Waals surface area contributed by atoms with Gasteiger partial charge in [0.15, 0.2) is 0 Å². The quantitative estimate of drug-likeness (QED) is 0.719. The van der Waals surface area contributed by atoms with Crippen molar-refractivity contribution in [1.82, 2.24) is 5.09 Å². The van der Waals surface area contributed by atoms with Gasteiger partial charge in [-0.15, -0.1) is 0 Å². The van der Waals surface area contributed by atoms with Crippen LogP contribution in [0.2, 0.25) is 0 Å². The van der Waals surface area contributed by atoms with E-state index in [9.17, 15) is 4.57 Å². The molecule has 0 aliphatic rings. The number of aryl methyl sites for hydroxylation is 1. The van der Waals surface area contributed by atoms with Crippen molar-refractivity contribution < 1.29 is 4.57 Å². The third-order valence-electron chi connectivity index (χ3n) is 3.99. The first-order valence-electron chi connectivity index (χ1n) is 7.71. The highest BCUT2D eigenvalue weighted by Crippen LogP contribution is 2.39. The molecule has 0 atom stereocenters. The van der Waals surface area contributed by atoms with Crippen LogP contribution in [0.5, 0.6) is 0 Å². The van der Waals surface area contributed by atoms with Crippen LogP contribution in [-0.4, -0.2) is 0 Å². The summed E-state index contributed by atoms with van der Waals surface area (Å²) >= 11 is 0. The molecule has 23 heavy (non-hydrogen) atoms. The van der Waals surface area contributed by atoms with Crippen LogP contribution in [0, 0.1) is 6.92 Å². The Kier molecular flexibility index (Phi) is 4.76. The zero-order valence-electron chi connectivity index (χ0n) is 13.1. The lowest BCUT2D eigenvalue weighted by molar-refractivity contribution is 0.578. The fourth-order valence-electron chi connectivity index (χ4n) is 2.61. The minimum absolute atomic E-state index is 0.577. The maximum Gasteiger partial charge on any atom is 0.204 e. The molecule has 116 valence electrons. The van der Waals surface area contributed by atoms with Crippen LogP contribution in [0.4, 0.5) is 0 Å². The topological polar surface area (TPSA) is 29.1 Å². The number of nitrogens with one attached hydrogen (secondary N) is 1. The summed E-state index contributed by atoms with van der Waals surface area (Å²) in [6, 6.07) is 27.5. The summed E-state index contributed by atoms with van der Waals surface area (Å²) in [6.07, 6.45) is 0. The van der Waals surface area contributed by atoms with E-state index in [2.05, 4.69) is 24.1 Å². The summed E-state index contributed by atoms with van der Waals surface area (Å²) in [5.74, 6) is 0. The van der Waals surface area contributed by atoms with Gasteiger partial charge in [-0.05, 0) is 42.3 Å². The van der Waals surface area contributed by atoms with Crippen LogP contribution in [0.15, 0.2) is 84.9 Å². The van der Waals surface area contributed by atoms with Gasteiger partial charge in [0, 0.05) is 17.2 Å². The molecule has 0 fully saturated rings. The van der Waals surface area contributed by atoms with Crippen molar-refractivity contribution in [2.75, 3.05) is 0 Å². The first-order valence-corrected chi connectivity index (χ1v) is 9.42. The Bertz CT molecular complexity index is 772. The van der Waals surface area contributed by atoms with Gasteiger partial charge in [0.25, 0.3) is 0 Å². The number of hydrogen-bond donors (Lipinski definition) is 1. The van der Waals surface area contributed by atoms with Crippen molar-refractivity contribution >= 4 is 17.9 Å². The Labute approximate surface area is 137 Å². The van der Waals surface area contributed by atoms with Crippen molar-refractivity contribution in [3.8, 4) is 0 Å². The summed E-state index contributed by atoms with van der Waals surface area (Å²) in [5, 5.41) is 5.01. The molecule has 3 aromatic carbocycles. The van der Waals surface area contributed by atoms with Crippen LogP contribution >= 0.6 is 7.29 Å². The van der Waals surface area contributed by atoms with Gasteiger partial charge in [0.2, 0.25) is 7.29 Å². The second kappa shape index (κ2) is 6.95. The molecule has 2 nitrogen and oxygen atoms in total. The van der Waals surface area contributed by atoms with Gasteiger partial charge in [-0.3, -0.25) is 9.65 Å². The average molecular weight is 321 g/mol. The lowest BCUT2D eigenvalue weighted by Crippen LogP contribution is -2.27. The molecule has 3 aromatic rings. The molecule has 3 rings (SSSR count). The molecule has 0 aromatic heterocycles. The van der Waals surface area contributed by atoms with E-state index in [1.165, 1.54) is 11.1 Å². The smallest absolute Gasteiger partial charge is 0.204 e. The third-order valence-corrected chi connectivity index (χ3v) is 6.65. The molecule has 3 heteroatoms. The average Bonchev–Trinajstić information content (AvgIpc) is 2.62. The van der Waals surface area contributed by atoms with Gasteiger partial charge in [0.1, 0.15) is 0 Å². The maximum absolute atomic E-state index is 13.8. The fourth-order valence-corrected chi connectivity index (χ4v) is 4.85. The normalized spacial score (nSPS) is 11.3. The standard InChI is InChI=1S/C20H20NOP/c1-17-10-8-9-11-18(17)16-21-23(22,19-12-4-2-5-13-19)20-14-6-3-7-15-20/h2-15H,16H2,1H3,(H,21,22). The van der Waals surface area contributed by atoms with Gasteiger partial charge in [0.05, 0.1) is 0 Å². The Hall–Kier alpha value is -2.15. The summed E-state index contributed by atoms with van der Waals surface area (Å²) in [5.41, 5.74) is 2.37. The van der Waals surface area contributed by atoms with Crippen molar-refractivity contribution in [1.29, 1.82) is 0 Å². The Morgan fingerprint density at radius 2 is 1.22 bits per heavy atom. The molecule has 0 unspecified atom stereocenters. The molecule has 1 N–H and O–H groups in total. The van der Waals surface area contributed by atoms with E-state index >= 15 is 0 Å². The summed E-state index contributed by atoms with van der Waals surface area (Å²) in [7, 11) is -2.86. The Morgan fingerprint density at radius 3 is 1.74 bits per heavy atom. The van der Waals surface area contributed by atoms with Gasteiger partial charge >= 0.3 is 0 Å². The third kappa shape index (κ3) is 3.44. The zero-order valence-corrected chi connectivity index (χ0v) is 14.0. The van der Waals surface area contributed by atoms with Crippen molar-refractivity contribution in [3.63, 3.8) is 0 Å². The van der Waals surface area contributed by atoms with E-state index in [-0.39, 0.29) is 0 Å². The summed E-state index contributed by atoms with van der Waals surface area (Å²) < 4.78 is 13.8. The van der Waals surface area contributed by atoms with Crippen LogP contribution in [0.25, 0.3) is 0 Å². The Balaban J connectivity index is 1.97. The van der Waals surface area contributed by atoms with E-state index in [4.69, 9.17) is 0 Å². The number of rotatable bonds is 5. The second-order valence-electron chi connectivity index (χ2n) is 5.54. The molecule has 0 aliphatic heterocycles. The predicted octanol–water partition coefficient (Wildman–Crippen LogP) is 4.01. The predicted molar refractivity (Wildman–Crippen MR) is 97.8 cm³/mol. The highest BCUT2D eigenvalue weighted by Gasteiger charge is 2.26.